The molecule has 1 aromatic carbocycles. The highest BCUT2D eigenvalue weighted by atomic mass is 79.9. The van der Waals surface area contributed by atoms with Crippen molar-refractivity contribution < 1.29 is 4.52 Å². The maximum atomic E-state index is 5.60. The third-order valence-electron chi connectivity index (χ3n) is 5.97. The molecule has 2 atom stereocenters. The first-order valence-corrected chi connectivity index (χ1v) is 11.3. The molecule has 148 valence electrons. The van der Waals surface area contributed by atoms with Crippen molar-refractivity contribution in [2.45, 2.75) is 71.9 Å². The van der Waals surface area contributed by atoms with Gasteiger partial charge in [-0.1, -0.05) is 60.9 Å². The Morgan fingerprint density at radius 1 is 1.11 bits per heavy atom. The molecule has 0 saturated heterocycles. The molecule has 2 bridgehead atoms. The number of rotatable bonds is 4. The van der Waals surface area contributed by atoms with Gasteiger partial charge in [0.05, 0.1) is 5.69 Å². The van der Waals surface area contributed by atoms with Crippen LogP contribution in [-0.2, 0) is 6.54 Å². The van der Waals surface area contributed by atoms with Crippen LogP contribution in [0.5, 0.6) is 0 Å². The van der Waals surface area contributed by atoms with E-state index < -0.39 is 0 Å². The molecule has 2 fully saturated rings. The summed E-state index contributed by atoms with van der Waals surface area (Å²) in [5.74, 6) is 3.38. The van der Waals surface area contributed by atoms with Gasteiger partial charge in [-0.25, -0.2) is 0 Å². The average Bonchev–Trinajstić information content (AvgIpc) is 3.10. The monoisotopic (exact) mass is 432 g/mol. The normalized spacial score (nSPS) is 29.7. The lowest BCUT2D eigenvalue weighted by molar-refractivity contribution is 0.0538. The Morgan fingerprint density at radius 2 is 1.78 bits per heavy atom. The van der Waals surface area contributed by atoms with Gasteiger partial charge in [0.2, 0.25) is 0 Å². The van der Waals surface area contributed by atoms with Gasteiger partial charge in [-0.05, 0) is 62.0 Å². The molecule has 1 N–H and O–H groups in total. The summed E-state index contributed by atoms with van der Waals surface area (Å²) in [6, 6.07) is 10.2. The van der Waals surface area contributed by atoms with Gasteiger partial charge in [0.25, 0.3) is 0 Å². The zero-order chi connectivity index (χ0) is 19.4. The molecule has 0 radical (unpaired) electrons. The second kappa shape index (κ2) is 8.91. The van der Waals surface area contributed by atoms with Crippen LogP contribution >= 0.6 is 15.9 Å². The summed E-state index contributed by atoms with van der Waals surface area (Å²) in [7, 11) is 0. The van der Waals surface area contributed by atoms with Gasteiger partial charge in [0.15, 0.2) is 5.76 Å². The van der Waals surface area contributed by atoms with Crippen molar-refractivity contribution in [3.63, 3.8) is 0 Å². The highest BCUT2D eigenvalue weighted by molar-refractivity contribution is 9.10. The van der Waals surface area contributed by atoms with E-state index in [4.69, 9.17) is 4.52 Å². The molecule has 0 aliphatic heterocycles. The van der Waals surface area contributed by atoms with E-state index in [9.17, 15) is 0 Å². The number of halogens is 1. The fourth-order valence-electron chi connectivity index (χ4n) is 5.38. The number of nitrogens with one attached hydrogen (secondary N) is 1. The Labute approximate surface area is 172 Å². The Hall–Kier alpha value is -1.13. The largest absolute Gasteiger partial charge is 0.356 e. The van der Waals surface area contributed by atoms with Gasteiger partial charge >= 0.3 is 0 Å². The van der Waals surface area contributed by atoms with E-state index in [-0.39, 0.29) is 0 Å². The Kier molecular flexibility index (Phi) is 6.80. The summed E-state index contributed by atoms with van der Waals surface area (Å²) in [5.41, 5.74) is 2.34. The predicted octanol–water partition coefficient (Wildman–Crippen LogP) is 6.82. The molecule has 2 saturated carbocycles. The van der Waals surface area contributed by atoms with Crippen LogP contribution < -0.4 is 5.32 Å². The van der Waals surface area contributed by atoms with E-state index in [1.807, 2.05) is 32.0 Å². The van der Waals surface area contributed by atoms with Crippen LogP contribution in [0.15, 0.2) is 39.3 Å². The average molecular weight is 433 g/mol. The van der Waals surface area contributed by atoms with Gasteiger partial charge in [-0.3, -0.25) is 0 Å². The number of hydrogen-bond acceptors (Lipinski definition) is 3. The molecule has 2 aromatic rings. The fourth-order valence-corrected chi connectivity index (χ4v) is 5.86. The molecule has 4 heteroatoms. The first kappa shape index (κ1) is 20.6. The Balaban J connectivity index is 0.00000102. The standard InChI is InChI=1S/C21H27BrN2O.C2H6/c1-14-7-16-8-15(2)11-21(10-14,12-16)23-13-17-9-20(25-24-17)18-5-3-4-6-19(18)22;1-2/h3-6,9,14-16,23H,7-8,10-13H2,1-2H3;1-2H3. The lowest BCUT2D eigenvalue weighted by atomic mass is 9.61. The molecule has 0 spiro atoms. The lowest BCUT2D eigenvalue weighted by Crippen LogP contribution is -2.54. The molecule has 0 amide bonds. The molecule has 1 aromatic heterocycles. The molecule has 3 nitrogen and oxygen atoms in total. The highest BCUT2D eigenvalue weighted by Gasteiger charge is 2.43. The van der Waals surface area contributed by atoms with Crippen LogP contribution in [0.3, 0.4) is 0 Å². The minimum atomic E-state index is 0.298. The van der Waals surface area contributed by atoms with E-state index in [0.29, 0.717) is 5.54 Å². The van der Waals surface area contributed by atoms with Gasteiger partial charge in [-0.15, -0.1) is 0 Å². The second-order valence-corrected chi connectivity index (χ2v) is 9.31. The summed E-state index contributed by atoms with van der Waals surface area (Å²) >= 11 is 3.59. The van der Waals surface area contributed by atoms with Crippen LogP contribution in [0.1, 0.15) is 65.5 Å². The van der Waals surface area contributed by atoms with Crippen molar-refractivity contribution in [2.75, 3.05) is 0 Å². The number of benzene rings is 1. The number of nitrogens with zero attached hydrogens (tertiary/aromatic N) is 1. The zero-order valence-electron chi connectivity index (χ0n) is 17.1. The van der Waals surface area contributed by atoms with E-state index in [1.54, 1.807) is 0 Å². The quantitative estimate of drug-likeness (QED) is 0.575. The maximum Gasteiger partial charge on any atom is 0.168 e. The lowest BCUT2D eigenvalue weighted by Gasteiger charge is -2.50. The van der Waals surface area contributed by atoms with Crippen LogP contribution in [0.4, 0.5) is 0 Å². The van der Waals surface area contributed by atoms with Crippen LogP contribution in [0.25, 0.3) is 11.3 Å². The van der Waals surface area contributed by atoms with Crippen molar-refractivity contribution in [3.05, 3.63) is 40.5 Å². The second-order valence-electron chi connectivity index (χ2n) is 8.46. The van der Waals surface area contributed by atoms with Gasteiger partial charge in [0.1, 0.15) is 0 Å². The van der Waals surface area contributed by atoms with Gasteiger partial charge < -0.3 is 9.84 Å². The van der Waals surface area contributed by atoms with E-state index in [1.165, 1.54) is 32.1 Å². The van der Waals surface area contributed by atoms with Crippen LogP contribution in [-0.4, -0.2) is 10.7 Å². The summed E-state index contributed by atoms with van der Waals surface area (Å²) in [6.07, 6.45) is 6.73. The summed E-state index contributed by atoms with van der Waals surface area (Å²) in [4.78, 5) is 0. The molecule has 2 unspecified atom stereocenters. The first-order valence-electron chi connectivity index (χ1n) is 10.5. The topological polar surface area (TPSA) is 38.1 Å². The van der Waals surface area contributed by atoms with E-state index in [2.05, 4.69) is 52.4 Å². The number of aromatic nitrogens is 1. The summed E-state index contributed by atoms with van der Waals surface area (Å²) in [5, 5.41) is 8.19. The van der Waals surface area contributed by atoms with Crippen molar-refractivity contribution in [2.24, 2.45) is 17.8 Å². The first-order chi connectivity index (χ1) is 13.0. The summed E-state index contributed by atoms with van der Waals surface area (Å²) < 4.78 is 6.63. The predicted molar refractivity (Wildman–Crippen MR) is 115 cm³/mol. The van der Waals surface area contributed by atoms with Crippen molar-refractivity contribution >= 4 is 15.9 Å². The van der Waals surface area contributed by atoms with E-state index in [0.717, 1.165) is 45.8 Å². The molecule has 2 aliphatic rings. The Morgan fingerprint density at radius 3 is 2.44 bits per heavy atom. The fraction of sp³-hybridized carbons (Fsp3) is 0.609. The molecule has 2 aliphatic carbocycles. The minimum Gasteiger partial charge on any atom is -0.356 e. The van der Waals surface area contributed by atoms with Gasteiger partial charge in [-0.2, -0.15) is 0 Å². The minimum absolute atomic E-state index is 0.298. The molecular weight excluding hydrogens is 400 g/mol. The van der Waals surface area contributed by atoms with Crippen LogP contribution in [0, 0.1) is 17.8 Å². The zero-order valence-corrected chi connectivity index (χ0v) is 18.7. The smallest absolute Gasteiger partial charge is 0.168 e. The summed E-state index contributed by atoms with van der Waals surface area (Å²) in [6.45, 7) is 9.62. The SMILES string of the molecule is CC.CC1CC2CC(C)CC(NCc3cc(-c4ccccc4Br)on3)(C1)C2. The van der Waals surface area contributed by atoms with Crippen molar-refractivity contribution in [1.29, 1.82) is 0 Å². The Bertz CT molecular complexity index is 722. The van der Waals surface area contributed by atoms with Crippen molar-refractivity contribution in [3.8, 4) is 11.3 Å². The maximum absolute atomic E-state index is 5.60. The molecular formula is C23H33BrN2O. The molecule has 27 heavy (non-hydrogen) atoms. The third kappa shape index (κ3) is 4.83. The van der Waals surface area contributed by atoms with Gasteiger partial charge in [0, 0.05) is 28.2 Å². The van der Waals surface area contributed by atoms with Crippen molar-refractivity contribution in [1.82, 2.24) is 10.5 Å². The highest BCUT2D eigenvalue weighted by Crippen LogP contribution is 2.47. The third-order valence-corrected chi connectivity index (χ3v) is 6.66. The molecule has 4 rings (SSSR count). The van der Waals surface area contributed by atoms with Crippen LogP contribution in [0.2, 0.25) is 0 Å². The van der Waals surface area contributed by atoms with E-state index >= 15 is 0 Å². The number of hydrogen-bond donors (Lipinski definition) is 1. The number of fused-ring (bicyclic) bond motifs is 2. The molecule has 1 heterocycles.